The minimum Gasteiger partial charge on any atom is -0.459 e. The number of thiophene rings is 1. The first-order valence-corrected chi connectivity index (χ1v) is 8.75. The zero-order valence-electron chi connectivity index (χ0n) is 13.7. The van der Waals surface area contributed by atoms with Crippen LogP contribution >= 0.6 is 11.3 Å². The van der Waals surface area contributed by atoms with Gasteiger partial charge in [-0.05, 0) is 18.4 Å². The molecule has 2 heterocycles. The summed E-state index contributed by atoms with van der Waals surface area (Å²) in [5.41, 5.74) is 2.24. The van der Waals surface area contributed by atoms with Crippen molar-refractivity contribution >= 4 is 23.1 Å². The predicted octanol–water partition coefficient (Wildman–Crippen LogP) is 4.42. The van der Waals surface area contributed by atoms with Gasteiger partial charge in [-0.2, -0.15) is 0 Å². The molecule has 0 spiro atoms. The Bertz CT molecular complexity index is 850. The summed E-state index contributed by atoms with van der Waals surface area (Å²) in [4.78, 5) is 24.8. The van der Waals surface area contributed by atoms with Crippen molar-refractivity contribution in [1.29, 1.82) is 0 Å². The maximum Gasteiger partial charge on any atom is 0.306 e. The van der Waals surface area contributed by atoms with Crippen LogP contribution in [0.1, 0.15) is 34.5 Å². The molecule has 2 aromatic heterocycles. The van der Waals surface area contributed by atoms with Crippen molar-refractivity contribution in [3.05, 3.63) is 64.7 Å². The molecular formula is C19H17NO4S. The summed E-state index contributed by atoms with van der Waals surface area (Å²) in [7, 11) is 0. The number of aryl methyl sites for hydroxylation is 1. The smallest absolute Gasteiger partial charge is 0.306 e. The van der Waals surface area contributed by atoms with Crippen molar-refractivity contribution in [2.75, 3.05) is 0 Å². The van der Waals surface area contributed by atoms with Crippen molar-refractivity contribution in [1.82, 2.24) is 5.16 Å². The van der Waals surface area contributed by atoms with E-state index in [-0.39, 0.29) is 25.2 Å². The van der Waals surface area contributed by atoms with Crippen molar-refractivity contribution in [3.63, 3.8) is 0 Å². The van der Waals surface area contributed by atoms with Crippen LogP contribution in [0.25, 0.3) is 10.6 Å². The minimum atomic E-state index is -0.430. The Morgan fingerprint density at radius 2 is 1.96 bits per heavy atom. The number of ketones is 1. The highest BCUT2D eigenvalue weighted by Gasteiger charge is 2.12. The van der Waals surface area contributed by atoms with Gasteiger partial charge in [0.1, 0.15) is 12.3 Å². The first-order chi connectivity index (χ1) is 12.1. The number of benzene rings is 1. The molecule has 25 heavy (non-hydrogen) atoms. The maximum absolute atomic E-state index is 12.0. The van der Waals surface area contributed by atoms with E-state index >= 15 is 0 Å². The fourth-order valence-electron chi connectivity index (χ4n) is 2.24. The normalized spacial score (nSPS) is 10.6. The van der Waals surface area contributed by atoms with Gasteiger partial charge in [-0.15, -0.1) is 11.3 Å². The van der Waals surface area contributed by atoms with Crippen molar-refractivity contribution in [2.45, 2.75) is 26.4 Å². The first-order valence-electron chi connectivity index (χ1n) is 7.87. The topological polar surface area (TPSA) is 69.4 Å². The summed E-state index contributed by atoms with van der Waals surface area (Å²) in [5, 5.41) is 5.83. The van der Waals surface area contributed by atoms with Crippen molar-refractivity contribution in [2.24, 2.45) is 0 Å². The van der Waals surface area contributed by atoms with Gasteiger partial charge in [0.15, 0.2) is 11.5 Å². The van der Waals surface area contributed by atoms with Gasteiger partial charge in [0.2, 0.25) is 0 Å². The van der Waals surface area contributed by atoms with Gasteiger partial charge in [-0.25, -0.2) is 0 Å². The van der Waals surface area contributed by atoms with Crippen LogP contribution in [0, 0.1) is 6.92 Å². The van der Waals surface area contributed by atoms with Crippen LogP contribution in [0.2, 0.25) is 0 Å². The van der Waals surface area contributed by atoms with E-state index in [1.807, 2.05) is 36.6 Å². The number of rotatable bonds is 7. The number of hydrogen-bond donors (Lipinski definition) is 0. The van der Waals surface area contributed by atoms with Crippen LogP contribution in [-0.2, 0) is 16.1 Å². The second-order valence-electron chi connectivity index (χ2n) is 5.61. The molecular weight excluding hydrogens is 338 g/mol. The molecule has 0 bridgehead atoms. The van der Waals surface area contributed by atoms with E-state index in [0.717, 1.165) is 10.4 Å². The Morgan fingerprint density at radius 1 is 1.16 bits per heavy atom. The number of carbonyl (C=O) groups is 2. The molecule has 3 rings (SSSR count). The van der Waals surface area contributed by atoms with E-state index in [2.05, 4.69) is 5.16 Å². The van der Waals surface area contributed by atoms with Crippen LogP contribution in [0.4, 0.5) is 0 Å². The van der Waals surface area contributed by atoms with E-state index in [9.17, 15) is 9.59 Å². The SMILES string of the molecule is Cc1ccc(C(=O)CCC(=O)OCc2cc(-c3cccs3)on2)cc1. The van der Waals surface area contributed by atoms with E-state index in [0.29, 0.717) is 17.0 Å². The molecule has 128 valence electrons. The third-order valence-electron chi connectivity index (χ3n) is 3.63. The summed E-state index contributed by atoms with van der Waals surface area (Å²) in [6, 6.07) is 12.9. The minimum absolute atomic E-state index is 0.0342. The lowest BCUT2D eigenvalue weighted by atomic mass is 10.1. The molecule has 0 unspecified atom stereocenters. The van der Waals surface area contributed by atoms with E-state index in [1.165, 1.54) is 0 Å². The molecule has 0 aliphatic carbocycles. The van der Waals surface area contributed by atoms with Gasteiger partial charge in [0.05, 0.1) is 11.3 Å². The predicted molar refractivity (Wildman–Crippen MR) is 94.4 cm³/mol. The molecule has 0 atom stereocenters. The van der Waals surface area contributed by atoms with Crippen LogP contribution in [0.5, 0.6) is 0 Å². The monoisotopic (exact) mass is 355 g/mol. The Kier molecular flexibility index (Phi) is 5.40. The lowest BCUT2D eigenvalue weighted by Gasteiger charge is -2.03. The number of ether oxygens (including phenoxy) is 1. The molecule has 6 heteroatoms. The summed E-state index contributed by atoms with van der Waals surface area (Å²) >= 11 is 1.54. The number of nitrogens with zero attached hydrogens (tertiary/aromatic N) is 1. The van der Waals surface area contributed by atoms with Gasteiger partial charge >= 0.3 is 5.97 Å². The highest BCUT2D eigenvalue weighted by Crippen LogP contribution is 2.25. The zero-order chi connectivity index (χ0) is 17.6. The van der Waals surface area contributed by atoms with Crippen LogP contribution in [0.15, 0.2) is 52.4 Å². The number of esters is 1. The average molecular weight is 355 g/mol. The van der Waals surface area contributed by atoms with Gasteiger partial charge < -0.3 is 9.26 Å². The Hall–Kier alpha value is -2.73. The van der Waals surface area contributed by atoms with Gasteiger partial charge in [-0.3, -0.25) is 9.59 Å². The molecule has 0 amide bonds. The van der Waals surface area contributed by atoms with Gasteiger partial charge in [-0.1, -0.05) is 41.1 Å². The van der Waals surface area contributed by atoms with E-state index < -0.39 is 5.97 Å². The molecule has 0 saturated heterocycles. The molecule has 1 aromatic carbocycles. The molecule has 0 fully saturated rings. The zero-order valence-corrected chi connectivity index (χ0v) is 14.5. The van der Waals surface area contributed by atoms with Gasteiger partial charge in [0, 0.05) is 18.1 Å². The number of hydrogen-bond acceptors (Lipinski definition) is 6. The first kappa shape index (κ1) is 17.1. The van der Waals surface area contributed by atoms with Crippen LogP contribution in [0.3, 0.4) is 0 Å². The van der Waals surface area contributed by atoms with E-state index in [1.54, 1.807) is 29.5 Å². The average Bonchev–Trinajstić information content (AvgIpc) is 3.29. The fourth-order valence-corrected chi connectivity index (χ4v) is 2.91. The molecule has 3 aromatic rings. The molecule has 0 saturated carbocycles. The fraction of sp³-hybridized carbons (Fsp3) is 0.211. The van der Waals surface area contributed by atoms with Crippen LogP contribution in [-0.4, -0.2) is 16.9 Å². The van der Waals surface area contributed by atoms with Crippen molar-refractivity contribution in [3.8, 4) is 10.6 Å². The summed E-state index contributed by atoms with van der Waals surface area (Å²) < 4.78 is 10.4. The van der Waals surface area contributed by atoms with Crippen LogP contribution < -0.4 is 0 Å². The molecule has 0 aliphatic heterocycles. The Morgan fingerprint density at radius 3 is 2.68 bits per heavy atom. The lowest BCUT2D eigenvalue weighted by molar-refractivity contribution is -0.145. The Labute approximate surface area is 149 Å². The third kappa shape index (κ3) is 4.64. The molecule has 0 N–H and O–H groups in total. The highest BCUT2D eigenvalue weighted by atomic mass is 32.1. The number of aromatic nitrogens is 1. The highest BCUT2D eigenvalue weighted by molar-refractivity contribution is 7.13. The third-order valence-corrected chi connectivity index (χ3v) is 4.52. The summed E-state index contributed by atoms with van der Waals surface area (Å²) in [6.45, 7) is 1.99. The number of Topliss-reactive ketones (excluding diaryl/α,β-unsaturated/α-hetero) is 1. The second-order valence-corrected chi connectivity index (χ2v) is 6.56. The molecule has 5 nitrogen and oxygen atoms in total. The summed E-state index contributed by atoms with van der Waals surface area (Å²) in [6.07, 6.45) is 0.170. The van der Waals surface area contributed by atoms with Gasteiger partial charge in [0.25, 0.3) is 0 Å². The molecule has 0 aliphatic rings. The lowest BCUT2D eigenvalue weighted by Crippen LogP contribution is -2.08. The number of carbonyl (C=O) groups excluding carboxylic acids is 2. The van der Waals surface area contributed by atoms with Crippen molar-refractivity contribution < 1.29 is 18.8 Å². The quantitative estimate of drug-likeness (QED) is 0.463. The second kappa shape index (κ2) is 7.90. The maximum atomic E-state index is 12.0. The summed E-state index contributed by atoms with van der Waals surface area (Å²) in [5.74, 6) is 0.148. The largest absolute Gasteiger partial charge is 0.459 e. The standard InChI is InChI=1S/C19H17NO4S/c1-13-4-6-14(7-5-13)16(21)8-9-19(22)23-12-15-11-17(24-20-15)18-3-2-10-25-18/h2-7,10-11H,8-9,12H2,1H3. The Balaban J connectivity index is 1.45. The molecule has 0 radical (unpaired) electrons. The van der Waals surface area contributed by atoms with E-state index in [4.69, 9.17) is 9.26 Å².